The molecule has 8 heteroatoms. The highest BCUT2D eigenvalue weighted by atomic mass is 32.1. The lowest BCUT2D eigenvalue weighted by atomic mass is 10.1. The molecule has 2 aromatic carbocycles. The SMILES string of the molecule is COC(=O)c1ccc(C(=O)NC(=S)Nc2cccc(C(=O)N3CCCCCC3)c2)cc1. The minimum Gasteiger partial charge on any atom is -0.465 e. The van der Waals surface area contributed by atoms with E-state index in [0.717, 1.165) is 38.8 Å². The largest absolute Gasteiger partial charge is 0.465 e. The summed E-state index contributed by atoms with van der Waals surface area (Å²) in [6, 6.07) is 13.1. The first-order valence-corrected chi connectivity index (χ1v) is 10.6. The number of carbonyl (C=O) groups excluding carboxylic acids is 3. The molecule has 1 fully saturated rings. The van der Waals surface area contributed by atoms with E-state index in [1.54, 1.807) is 24.3 Å². The first kappa shape index (κ1) is 22.4. The van der Waals surface area contributed by atoms with Crippen molar-refractivity contribution < 1.29 is 19.1 Å². The van der Waals surface area contributed by atoms with Crippen LogP contribution in [0.2, 0.25) is 0 Å². The quantitative estimate of drug-likeness (QED) is 0.559. The number of carbonyl (C=O) groups is 3. The summed E-state index contributed by atoms with van der Waals surface area (Å²) in [6.45, 7) is 1.56. The van der Waals surface area contributed by atoms with Crippen LogP contribution in [-0.2, 0) is 4.74 Å². The van der Waals surface area contributed by atoms with Crippen LogP contribution in [0.5, 0.6) is 0 Å². The number of esters is 1. The second-order valence-electron chi connectivity index (χ2n) is 7.26. The van der Waals surface area contributed by atoms with Gasteiger partial charge in [-0.25, -0.2) is 4.79 Å². The van der Waals surface area contributed by atoms with E-state index in [-0.39, 0.29) is 11.0 Å². The predicted molar refractivity (Wildman–Crippen MR) is 122 cm³/mol. The number of likely N-dealkylation sites (tertiary alicyclic amines) is 1. The molecule has 0 spiro atoms. The number of anilines is 1. The number of hydrogen-bond donors (Lipinski definition) is 2. The van der Waals surface area contributed by atoms with Crippen LogP contribution in [0.4, 0.5) is 5.69 Å². The zero-order chi connectivity index (χ0) is 22.2. The minimum atomic E-state index is -0.473. The van der Waals surface area contributed by atoms with Crippen LogP contribution in [0.15, 0.2) is 48.5 Å². The molecule has 0 bridgehead atoms. The number of nitrogens with zero attached hydrogens (tertiary/aromatic N) is 1. The molecule has 1 heterocycles. The van der Waals surface area contributed by atoms with Gasteiger partial charge in [0, 0.05) is 29.9 Å². The molecule has 0 atom stereocenters. The van der Waals surface area contributed by atoms with Crippen LogP contribution >= 0.6 is 12.2 Å². The van der Waals surface area contributed by atoms with E-state index >= 15 is 0 Å². The summed E-state index contributed by atoms with van der Waals surface area (Å²) in [5, 5.41) is 5.66. The van der Waals surface area contributed by atoms with Gasteiger partial charge in [0.05, 0.1) is 12.7 Å². The molecule has 1 saturated heterocycles. The summed E-state index contributed by atoms with van der Waals surface area (Å²) < 4.78 is 4.64. The molecular weight excluding hydrogens is 414 g/mol. The summed E-state index contributed by atoms with van der Waals surface area (Å²) in [7, 11) is 1.30. The second-order valence-corrected chi connectivity index (χ2v) is 7.67. The Morgan fingerprint density at radius 2 is 1.55 bits per heavy atom. The number of hydrogen-bond acceptors (Lipinski definition) is 5. The lowest BCUT2D eigenvalue weighted by Gasteiger charge is -2.20. The summed E-state index contributed by atoms with van der Waals surface area (Å²) in [6.07, 6.45) is 4.37. The Morgan fingerprint density at radius 3 is 2.19 bits per heavy atom. The third kappa shape index (κ3) is 6.11. The number of nitrogens with one attached hydrogen (secondary N) is 2. The normalized spacial score (nSPS) is 13.6. The standard InChI is InChI=1S/C23H25N3O4S/c1-30-22(29)17-11-9-16(10-12-17)20(27)25-23(31)24-19-8-6-7-18(15-19)21(28)26-13-4-2-3-5-14-26/h6-12,15H,2-5,13-14H2,1H3,(H2,24,25,27,31). The molecular formula is C23H25N3O4S. The lowest BCUT2D eigenvalue weighted by molar-refractivity contribution is 0.0600. The maximum atomic E-state index is 12.8. The van der Waals surface area contributed by atoms with Gasteiger partial charge in [-0.15, -0.1) is 0 Å². The average molecular weight is 440 g/mol. The Bertz CT molecular complexity index is 967. The highest BCUT2D eigenvalue weighted by Crippen LogP contribution is 2.16. The van der Waals surface area contributed by atoms with E-state index < -0.39 is 11.9 Å². The Balaban J connectivity index is 1.60. The summed E-state index contributed by atoms with van der Waals surface area (Å²) in [5.41, 5.74) is 1.90. The first-order valence-electron chi connectivity index (χ1n) is 10.2. The highest BCUT2D eigenvalue weighted by molar-refractivity contribution is 7.80. The van der Waals surface area contributed by atoms with Gasteiger partial charge >= 0.3 is 5.97 Å². The fraction of sp³-hybridized carbons (Fsp3) is 0.304. The predicted octanol–water partition coefficient (Wildman–Crippen LogP) is 3.62. The third-order valence-electron chi connectivity index (χ3n) is 5.06. The molecule has 31 heavy (non-hydrogen) atoms. The monoisotopic (exact) mass is 439 g/mol. The van der Waals surface area contributed by atoms with Crippen molar-refractivity contribution in [3.8, 4) is 0 Å². The molecule has 2 N–H and O–H groups in total. The number of benzene rings is 2. The van der Waals surface area contributed by atoms with E-state index in [2.05, 4.69) is 15.4 Å². The smallest absolute Gasteiger partial charge is 0.337 e. The van der Waals surface area contributed by atoms with Gasteiger partial charge in [0.15, 0.2) is 5.11 Å². The van der Waals surface area contributed by atoms with Gasteiger partial charge in [-0.05, 0) is 67.5 Å². The van der Waals surface area contributed by atoms with Crippen molar-refractivity contribution in [2.24, 2.45) is 0 Å². The van der Waals surface area contributed by atoms with Crippen LogP contribution < -0.4 is 10.6 Å². The van der Waals surface area contributed by atoms with Gasteiger partial charge in [0.1, 0.15) is 0 Å². The fourth-order valence-corrected chi connectivity index (χ4v) is 3.61. The molecule has 0 aliphatic carbocycles. The molecule has 2 aromatic rings. The summed E-state index contributed by atoms with van der Waals surface area (Å²) in [4.78, 5) is 38.6. The van der Waals surface area contributed by atoms with Gasteiger partial charge in [0.2, 0.25) is 0 Å². The van der Waals surface area contributed by atoms with Gasteiger partial charge in [-0.3, -0.25) is 14.9 Å². The maximum Gasteiger partial charge on any atom is 0.337 e. The van der Waals surface area contributed by atoms with Crippen LogP contribution in [0.3, 0.4) is 0 Å². The Kier molecular flexibility index (Phi) is 7.72. The third-order valence-corrected chi connectivity index (χ3v) is 5.26. The Hall–Kier alpha value is -3.26. The van der Waals surface area contributed by atoms with E-state index in [4.69, 9.17) is 12.2 Å². The van der Waals surface area contributed by atoms with Gasteiger partial charge in [-0.2, -0.15) is 0 Å². The molecule has 0 unspecified atom stereocenters. The Labute approximate surface area is 186 Å². The van der Waals surface area contributed by atoms with Gasteiger partial charge in [-0.1, -0.05) is 18.9 Å². The van der Waals surface area contributed by atoms with E-state index in [1.807, 2.05) is 4.90 Å². The maximum absolute atomic E-state index is 12.8. The highest BCUT2D eigenvalue weighted by Gasteiger charge is 2.18. The minimum absolute atomic E-state index is 0.00574. The van der Waals surface area contributed by atoms with Gasteiger partial charge < -0.3 is 15.0 Å². The van der Waals surface area contributed by atoms with Crippen molar-refractivity contribution >= 4 is 40.8 Å². The summed E-state index contributed by atoms with van der Waals surface area (Å²) >= 11 is 5.24. The molecule has 1 aliphatic rings. The average Bonchev–Trinajstić information content (AvgIpc) is 3.08. The number of amides is 2. The van der Waals surface area contributed by atoms with Crippen LogP contribution in [-0.4, -0.2) is 48.0 Å². The lowest BCUT2D eigenvalue weighted by Crippen LogP contribution is -2.34. The fourth-order valence-electron chi connectivity index (χ4n) is 3.40. The van der Waals surface area contributed by atoms with Crippen molar-refractivity contribution in [2.45, 2.75) is 25.7 Å². The zero-order valence-corrected chi connectivity index (χ0v) is 18.2. The zero-order valence-electron chi connectivity index (χ0n) is 17.3. The van der Waals surface area contributed by atoms with Crippen LogP contribution in [0.25, 0.3) is 0 Å². The van der Waals surface area contributed by atoms with E-state index in [1.165, 1.54) is 31.4 Å². The number of ether oxygens (including phenoxy) is 1. The van der Waals surface area contributed by atoms with Crippen molar-refractivity contribution in [2.75, 3.05) is 25.5 Å². The van der Waals surface area contributed by atoms with Crippen molar-refractivity contribution in [1.82, 2.24) is 10.2 Å². The second kappa shape index (κ2) is 10.7. The van der Waals surface area contributed by atoms with Crippen LogP contribution in [0, 0.1) is 0 Å². The molecule has 2 amide bonds. The number of rotatable bonds is 4. The van der Waals surface area contributed by atoms with Crippen molar-refractivity contribution in [3.63, 3.8) is 0 Å². The number of thiocarbonyl (C=S) groups is 1. The molecule has 0 saturated carbocycles. The molecule has 162 valence electrons. The van der Waals surface area contributed by atoms with Crippen LogP contribution in [0.1, 0.15) is 56.8 Å². The molecule has 0 aromatic heterocycles. The van der Waals surface area contributed by atoms with Crippen molar-refractivity contribution in [1.29, 1.82) is 0 Å². The van der Waals surface area contributed by atoms with E-state index in [9.17, 15) is 14.4 Å². The molecule has 7 nitrogen and oxygen atoms in total. The number of methoxy groups -OCH3 is 1. The molecule has 1 aliphatic heterocycles. The topological polar surface area (TPSA) is 87.7 Å². The molecule has 0 radical (unpaired) electrons. The van der Waals surface area contributed by atoms with Crippen molar-refractivity contribution in [3.05, 3.63) is 65.2 Å². The van der Waals surface area contributed by atoms with Gasteiger partial charge in [0.25, 0.3) is 11.8 Å². The Morgan fingerprint density at radius 1 is 0.903 bits per heavy atom. The summed E-state index contributed by atoms with van der Waals surface area (Å²) in [5.74, 6) is -0.879. The first-order chi connectivity index (χ1) is 15.0. The molecule has 3 rings (SSSR count). The van der Waals surface area contributed by atoms with E-state index in [0.29, 0.717) is 22.4 Å².